The highest BCUT2D eigenvalue weighted by Crippen LogP contribution is 2.39. The number of imide groups is 1. The molecule has 2 amide bonds. The maximum absolute atomic E-state index is 13.8. The van der Waals surface area contributed by atoms with E-state index in [9.17, 15) is 9.59 Å². The summed E-state index contributed by atoms with van der Waals surface area (Å²) in [5.74, 6) is -0.275. The smallest absolute Gasteiger partial charge is 0.282 e. The van der Waals surface area contributed by atoms with Gasteiger partial charge in [0, 0.05) is 5.69 Å². The summed E-state index contributed by atoms with van der Waals surface area (Å²) in [4.78, 5) is 28.8. The first-order chi connectivity index (χ1) is 15.8. The molecule has 0 fully saturated rings. The van der Waals surface area contributed by atoms with Crippen LogP contribution in [0.1, 0.15) is 34.7 Å². The maximum Gasteiger partial charge on any atom is 0.282 e. The molecule has 1 heterocycles. The molecule has 4 rings (SSSR count). The van der Waals surface area contributed by atoms with Crippen LogP contribution in [-0.2, 0) is 9.59 Å². The van der Waals surface area contributed by atoms with Gasteiger partial charge in [-0.15, -0.1) is 0 Å². The molecular weight excluding hydrogens is 412 g/mol. The van der Waals surface area contributed by atoms with Gasteiger partial charge in [-0.25, -0.2) is 4.90 Å². The van der Waals surface area contributed by atoms with Crippen LogP contribution in [0.5, 0.6) is 5.75 Å². The number of rotatable bonds is 6. The first kappa shape index (κ1) is 22.3. The quantitative estimate of drug-likeness (QED) is 0.499. The number of anilines is 2. The summed E-state index contributed by atoms with van der Waals surface area (Å²) < 4.78 is 5.73. The number of hydrogen-bond donors (Lipinski definition) is 1. The van der Waals surface area contributed by atoms with E-state index in [1.54, 1.807) is 18.2 Å². The van der Waals surface area contributed by atoms with E-state index < -0.39 is 5.91 Å². The number of ether oxygens (including phenoxy) is 1. The predicted molar refractivity (Wildman–Crippen MR) is 132 cm³/mol. The van der Waals surface area contributed by atoms with Gasteiger partial charge in [0.25, 0.3) is 11.8 Å². The van der Waals surface area contributed by atoms with Crippen molar-refractivity contribution in [2.45, 2.75) is 34.6 Å². The van der Waals surface area contributed by atoms with Gasteiger partial charge >= 0.3 is 0 Å². The number of carbonyl (C=O) groups excluding carboxylic acids is 2. The summed E-state index contributed by atoms with van der Waals surface area (Å²) in [6.45, 7) is 10.3. The van der Waals surface area contributed by atoms with E-state index in [1.165, 1.54) is 4.90 Å². The molecule has 0 unspecified atom stereocenters. The van der Waals surface area contributed by atoms with E-state index in [0.29, 0.717) is 23.6 Å². The molecule has 0 spiro atoms. The van der Waals surface area contributed by atoms with Gasteiger partial charge in [0.2, 0.25) is 0 Å². The van der Waals surface area contributed by atoms with Gasteiger partial charge in [0.15, 0.2) is 0 Å². The van der Waals surface area contributed by atoms with Crippen LogP contribution in [-0.4, -0.2) is 18.4 Å². The van der Waals surface area contributed by atoms with Gasteiger partial charge in [-0.3, -0.25) is 9.59 Å². The van der Waals surface area contributed by atoms with Crippen molar-refractivity contribution >= 4 is 28.8 Å². The third kappa shape index (κ3) is 4.14. The van der Waals surface area contributed by atoms with Crippen LogP contribution in [0.4, 0.5) is 11.4 Å². The molecule has 3 aromatic carbocycles. The van der Waals surface area contributed by atoms with E-state index >= 15 is 0 Å². The minimum atomic E-state index is -0.401. The normalized spacial score (nSPS) is 13.7. The molecule has 33 heavy (non-hydrogen) atoms. The molecule has 5 heteroatoms. The Morgan fingerprint density at radius 3 is 2.15 bits per heavy atom. The molecule has 0 atom stereocenters. The summed E-state index contributed by atoms with van der Waals surface area (Å²) in [5, 5.41) is 3.28. The number of hydrogen-bond acceptors (Lipinski definition) is 4. The van der Waals surface area contributed by atoms with Crippen molar-refractivity contribution in [3.05, 3.63) is 94.2 Å². The zero-order valence-electron chi connectivity index (χ0n) is 19.7. The van der Waals surface area contributed by atoms with E-state index in [1.807, 2.05) is 77.1 Å². The third-order valence-corrected chi connectivity index (χ3v) is 5.78. The second-order valence-corrected chi connectivity index (χ2v) is 8.36. The zero-order chi connectivity index (χ0) is 23.7. The summed E-state index contributed by atoms with van der Waals surface area (Å²) in [7, 11) is 0. The van der Waals surface area contributed by atoms with Gasteiger partial charge in [0.1, 0.15) is 11.4 Å². The lowest BCUT2D eigenvalue weighted by Gasteiger charge is -2.19. The van der Waals surface area contributed by atoms with Crippen LogP contribution < -0.4 is 15.0 Å². The number of nitrogens with one attached hydrogen (secondary N) is 1. The second kappa shape index (κ2) is 8.94. The SMILES string of the molecule is CCOc1ccccc1N1C(=O)C(Nc2ccc(C)cc2C)=C(c2ccc(C)cc2C)C1=O. The minimum Gasteiger partial charge on any atom is -0.492 e. The van der Waals surface area contributed by atoms with Crippen molar-refractivity contribution in [2.24, 2.45) is 0 Å². The monoisotopic (exact) mass is 440 g/mol. The fourth-order valence-corrected chi connectivity index (χ4v) is 4.22. The van der Waals surface area contributed by atoms with Crippen LogP contribution in [0.15, 0.2) is 66.4 Å². The van der Waals surface area contributed by atoms with Gasteiger partial charge < -0.3 is 10.1 Å². The van der Waals surface area contributed by atoms with Gasteiger partial charge in [0.05, 0.1) is 17.9 Å². The van der Waals surface area contributed by atoms with Crippen LogP contribution >= 0.6 is 0 Å². The van der Waals surface area contributed by atoms with Crippen LogP contribution in [0.3, 0.4) is 0 Å². The Morgan fingerprint density at radius 1 is 0.818 bits per heavy atom. The Morgan fingerprint density at radius 2 is 1.48 bits per heavy atom. The Bertz CT molecular complexity index is 1290. The Labute approximate surface area is 194 Å². The Hall–Kier alpha value is -3.86. The van der Waals surface area contributed by atoms with Crippen molar-refractivity contribution in [3.63, 3.8) is 0 Å². The highest BCUT2D eigenvalue weighted by Gasteiger charge is 2.42. The molecule has 3 aromatic rings. The number of aryl methyl sites for hydroxylation is 4. The molecule has 0 aromatic heterocycles. The number of benzene rings is 3. The van der Waals surface area contributed by atoms with E-state index in [4.69, 9.17) is 4.74 Å². The minimum absolute atomic E-state index is 0.269. The van der Waals surface area contributed by atoms with Crippen molar-refractivity contribution < 1.29 is 14.3 Å². The van der Waals surface area contributed by atoms with Gasteiger partial charge in [-0.05, 0) is 69.5 Å². The average Bonchev–Trinajstić information content (AvgIpc) is 3.00. The molecule has 1 aliphatic rings. The second-order valence-electron chi connectivity index (χ2n) is 8.36. The fourth-order valence-electron chi connectivity index (χ4n) is 4.22. The maximum atomic E-state index is 13.8. The first-order valence-electron chi connectivity index (χ1n) is 11.1. The fraction of sp³-hybridized carbons (Fsp3) is 0.214. The van der Waals surface area contributed by atoms with Crippen molar-refractivity contribution in [1.29, 1.82) is 0 Å². The summed E-state index contributed by atoms with van der Waals surface area (Å²) in [6, 6.07) is 19.0. The highest BCUT2D eigenvalue weighted by atomic mass is 16.5. The molecule has 1 N–H and O–H groups in total. The number of carbonyl (C=O) groups is 2. The lowest BCUT2D eigenvalue weighted by molar-refractivity contribution is -0.120. The molecule has 168 valence electrons. The molecule has 0 saturated carbocycles. The lowest BCUT2D eigenvalue weighted by Crippen LogP contribution is -2.32. The lowest BCUT2D eigenvalue weighted by atomic mass is 9.97. The van der Waals surface area contributed by atoms with Crippen LogP contribution in [0, 0.1) is 27.7 Å². The largest absolute Gasteiger partial charge is 0.492 e. The summed E-state index contributed by atoms with van der Waals surface area (Å²) >= 11 is 0. The molecule has 0 radical (unpaired) electrons. The number of nitrogens with zero attached hydrogens (tertiary/aromatic N) is 1. The summed E-state index contributed by atoms with van der Waals surface area (Å²) in [6.07, 6.45) is 0. The number of amides is 2. The molecule has 0 saturated heterocycles. The predicted octanol–water partition coefficient (Wildman–Crippen LogP) is 5.72. The molecular formula is C28H28N2O3. The van der Waals surface area contributed by atoms with Crippen LogP contribution in [0.25, 0.3) is 5.57 Å². The molecule has 0 aliphatic carbocycles. The summed E-state index contributed by atoms with van der Waals surface area (Å²) in [5.41, 5.74) is 6.75. The number of para-hydroxylation sites is 2. The van der Waals surface area contributed by atoms with Crippen molar-refractivity contribution in [1.82, 2.24) is 0 Å². The van der Waals surface area contributed by atoms with Crippen molar-refractivity contribution in [3.8, 4) is 5.75 Å². The van der Waals surface area contributed by atoms with E-state index in [-0.39, 0.29) is 11.6 Å². The molecule has 5 nitrogen and oxygen atoms in total. The molecule has 1 aliphatic heterocycles. The standard InChI is InChI=1S/C28H28N2O3/c1-6-33-24-10-8-7-9-23(24)30-27(31)25(21-13-11-17(2)15-19(21)4)26(28(30)32)29-22-14-12-18(3)16-20(22)5/h7-16,29H,6H2,1-5H3. The van der Waals surface area contributed by atoms with Crippen LogP contribution in [0.2, 0.25) is 0 Å². The van der Waals surface area contributed by atoms with Gasteiger partial charge in [-0.1, -0.05) is 53.6 Å². The zero-order valence-corrected chi connectivity index (χ0v) is 19.7. The highest BCUT2D eigenvalue weighted by molar-refractivity contribution is 6.46. The van der Waals surface area contributed by atoms with Gasteiger partial charge in [-0.2, -0.15) is 0 Å². The third-order valence-electron chi connectivity index (χ3n) is 5.78. The van der Waals surface area contributed by atoms with E-state index in [0.717, 1.165) is 33.5 Å². The Balaban J connectivity index is 1.88. The molecule has 0 bridgehead atoms. The average molecular weight is 441 g/mol. The van der Waals surface area contributed by atoms with E-state index in [2.05, 4.69) is 5.32 Å². The van der Waals surface area contributed by atoms with Crippen molar-refractivity contribution in [2.75, 3.05) is 16.8 Å². The first-order valence-corrected chi connectivity index (χ1v) is 11.1. The Kier molecular flexibility index (Phi) is 6.05. The topological polar surface area (TPSA) is 58.6 Å².